The first-order chi connectivity index (χ1) is 7.61. The second-order valence-corrected chi connectivity index (χ2v) is 3.54. The predicted molar refractivity (Wildman–Crippen MR) is 59.4 cm³/mol. The number of aliphatic hydroxyl groups is 1. The van der Waals surface area contributed by atoms with Crippen molar-refractivity contribution in [3.05, 3.63) is 29.8 Å². The maximum absolute atomic E-state index is 10.9. The maximum Gasteiger partial charge on any atom is 0.309 e. The van der Waals surface area contributed by atoms with Crippen molar-refractivity contribution in [3.63, 3.8) is 0 Å². The number of rotatable bonds is 5. The molecule has 2 atom stereocenters. The second kappa shape index (κ2) is 5.51. The van der Waals surface area contributed by atoms with E-state index in [1.54, 1.807) is 31.2 Å². The van der Waals surface area contributed by atoms with Crippen molar-refractivity contribution in [2.24, 2.45) is 5.92 Å². The molecule has 4 heteroatoms. The fourth-order valence-corrected chi connectivity index (χ4v) is 1.66. The summed E-state index contributed by atoms with van der Waals surface area (Å²) in [6, 6.07) is 6.90. The van der Waals surface area contributed by atoms with Gasteiger partial charge in [0.05, 0.1) is 19.1 Å². The van der Waals surface area contributed by atoms with Gasteiger partial charge in [-0.3, -0.25) is 4.79 Å². The van der Waals surface area contributed by atoms with E-state index < -0.39 is 18.0 Å². The van der Waals surface area contributed by atoms with E-state index in [-0.39, 0.29) is 0 Å². The van der Waals surface area contributed by atoms with E-state index in [1.807, 2.05) is 0 Å². The Hall–Kier alpha value is -1.55. The van der Waals surface area contributed by atoms with Crippen LogP contribution in [0.3, 0.4) is 0 Å². The summed E-state index contributed by atoms with van der Waals surface area (Å²) in [4.78, 5) is 10.9. The number of hydrogen-bond acceptors (Lipinski definition) is 3. The Balaban J connectivity index is 3.02. The normalized spacial score (nSPS) is 14.2. The highest BCUT2D eigenvalue weighted by atomic mass is 16.5. The summed E-state index contributed by atoms with van der Waals surface area (Å²) in [5.74, 6) is -1.30. The number of carboxylic acids is 1. The van der Waals surface area contributed by atoms with Crippen LogP contribution in [0.1, 0.15) is 25.0 Å². The number of benzene rings is 1. The number of aliphatic carboxylic acids is 1. The number of ether oxygens (including phenoxy) is 1. The Morgan fingerprint density at radius 2 is 2.06 bits per heavy atom. The number of aliphatic hydroxyl groups excluding tert-OH is 1. The van der Waals surface area contributed by atoms with Gasteiger partial charge in [0.2, 0.25) is 0 Å². The third kappa shape index (κ3) is 2.52. The fourth-order valence-electron chi connectivity index (χ4n) is 1.66. The van der Waals surface area contributed by atoms with Crippen molar-refractivity contribution in [2.75, 3.05) is 7.11 Å². The van der Waals surface area contributed by atoms with E-state index in [1.165, 1.54) is 7.11 Å². The minimum atomic E-state index is -1.04. The van der Waals surface area contributed by atoms with Gasteiger partial charge in [-0.2, -0.15) is 0 Å². The van der Waals surface area contributed by atoms with Crippen molar-refractivity contribution >= 4 is 5.97 Å². The molecule has 0 amide bonds. The summed E-state index contributed by atoms with van der Waals surface area (Å²) in [6.07, 6.45) is -0.673. The van der Waals surface area contributed by atoms with Gasteiger partial charge in [0, 0.05) is 5.56 Å². The topological polar surface area (TPSA) is 66.8 Å². The SMILES string of the molecule is CCC(C(=O)O)C(O)c1ccccc1OC. The first-order valence-electron chi connectivity index (χ1n) is 5.15. The third-order valence-corrected chi connectivity index (χ3v) is 2.60. The van der Waals surface area contributed by atoms with E-state index in [9.17, 15) is 9.90 Å². The first-order valence-corrected chi connectivity index (χ1v) is 5.15. The minimum Gasteiger partial charge on any atom is -0.496 e. The molecule has 88 valence electrons. The van der Waals surface area contributed by atoms with Crippen LogP contribution in [-0.4, -0.2) is 23.3 Å². The highest BCUT2D eigenvalue weighted by molar-refractivity contribution is 5.71. The molecule has 0 saturated carbocycles. The molecule has 0 spiro atoms. The zero-order chi connectivity index (χ0) is 12.1. The fraction of sp³-hybridized carbons (Fsp3) is 0.417. The number of carboxylic acid groups (broad SMARTS) is 1. The lowest BCUT2D eigenvalue weighted by molar-refractivity contribution is -0.146. The number of para-hydroxylation sites is 1. The smallest absolute Gasteiger partial charge is 0.309 e. The van der Waals surface area contributed by atoms with Crippen molar-refractivity contribution in [3.8, 4) is 5.75 Å². The van der Waals surface area contributed by atoms with Gasteiger partial charge < -0.3 is 14.9 Å². The van der Waals surface area contributed by atoms with E-state index in [2.05, 4.69) is 0 Å². The summed E-state index contributed by atoms with van der Waals surface area (Å²) in [7, 11) is 1.49. The van der Waals surface area contributed by atoms with E-state index in [4.69, 9.17) is 9.84 Å². The van der Waals surface area contributed by atoms with Crippen LogP contribution in [-0.2, 0) is 4.79 Å². The Morgan fingerprint density at radius 3 is 2.56 bits per heavy atom. The Morgan fingerprint density at radius 1 is 1.44 bits per heavy atom. The molecule has 4 nitrogen and oxygen atoms in total. The van der Waals surface area contributed by atoms with Crippen LogP contribution in [0, 0.1) is 5.92 Å². The van der Waals surface area contributed by atoms with Crippen molar-refractivity contribution in [2.45, 2.75) is 19.4 Å². The van der Waals surface area contributed by atoms with Gasteiger partial charge in [-0.25, -0.2) is 0 Å². The minimum absolute atomic E-state index is 0.370. The van der Waals surface area contributed by atoms with E-state index >= 15 is 0 Å². The van der Waals surface area contributed by atoms with Crippen molar-refractivity contribution in [1.82, 2.24) is 0 Å². The lowest BCUT2D eigenvalue weighted by atomic mass is 9.93. The molecule has 0 aromatic heterocycles. The molecule has 0 radical (unpaired) electrons. The molecule has 0 aliphatic rings. The van der Waals surface area contributed by atoms with Gasteiger partial charge >= 0.3 is 5.97 Å². The molecular weight excluding hydrogens is 208 g/mol. The molecule has 2 N–H and O–H groups in total. The maximum atomic E-state index is 10.9. The molecule has 1 aromatic rings. The lowest BCUT2D eigenvalue weighted by Gasteiger charge is -2.19. The molecule has 1 aromatic carbocycles. The quantitative estimate of drug-likeness (QED) is 0.800. The molecule has 0 saturated heterocycles. The summed E-state index contributed by atoms with van der Waals surface area (Å²) in [6.45, 7) is 1.73. The van der Waals surface area contributed by atoms with Crippen LogP contribution in [0.25, 0.3) is 0 Å². The third-order valence-electron chi connectivity index (χ3n) is 2.60. The monoisotopic (exact) mass is 224 g/mol. The molecule has 0 fully saturated rings. The molecular formula is C12H16O4. The highest BCUT2D eigenvalue weighted by Gasteiger charge is 2.27. The van der Waals surface area contributed by atoms with Gasteiger partial charge in [-0.05, 0) is 12.5 Å². The average molecular weight is 224 g/mol. The molecule has 0 aliphatic carbocycles. The molecule has 2 unspecified atom stereocenters. The molecule has 1 rings (SSSR count). The van der Waals surface area contributed by atoms with Crippen LogP contribution >= 0.6 is 0 Å². The van der Waals surface area contributed by atoms with E-state index in [0.29, 0.717) is 17.7 Å². The Labute approximate surface area is 94.5 Å². The van der Waals surface area contributed by atoms with Gasteiger partial charge in [0.25, 0.3) is 0 Å². The van der Waals surface area contributed by atoms with Gasteiger partial charge in [-0.1, -0.05) is 25.1 Å². The van der Waals surface area contributed by atoms with Crippen LogP contribution in [0.5, 0.6) is 5.75 Å². The largest absolute Gasteiger partial charge is 0.496 e. The van der Waals surface area contributed by atoms with Crippen molar-refractivity contribution < 1.29 is 19.7 Å². The predicted octanol–water partition coefficient (Wildman–Crippen LogP) is 1.84. The van der Waals surface area contributed by atoms with E-state index in [0.717, 1.165) is 0 Å². The highest BCUT2D eigenvalue weighted by Crippen LogP contribution is 2.31. The van der Waals surface area contributed by atoms with Gasteiger partial charge in [-0.15, -0.1) is 0 Å². The Kier molecular flexibility index (Phi) is 4.31. The lowest BCUT2D eigenvalue weighted by Crippen LogP contribution is -2.21. The molecule has 0 heterocycles. The number of methoxy groups -OCH3 is 1. The molecule has 0 bridgehead atoms. The summed E-state index contributed by atoms with van der Waals surface area (Å²) >= 11 is 0. The summed E-state index contributed by atoms with van der Waals surface area (Å²) < 4.78 is 5.09. The van der Waals surface area contributed by atoms with Gasteiger partial charge in [0.1, 0.15) is 5.75 Å². The second-order valence-electron chi connectivity index (χ2n) is 3.54. The standard InChI is InChI=1S/C12H16O4/c1-3-8(12(14)15)11(13)9-6-4-5-7-10(9)16-2/h4-8,11,13H,3H2,1-2H3,(H,14,15). The average Bonchev–Trinajstić information content (AvgIpc) is 2.29. The van der Waals surface area contributed by atoms with Crippen molar-refractivity contribution in [1.29, 1.82) is 0 Å². The summed E-state index contributed by atoms with van der Waals surface area (Å²) in [5, 5.41) is 19.0. The van der Waals surface area contributed by atoms with Crippen LogP contribution in [0.2, 0.25) is 0 Å². The Bertz CT molecular complexity index is 362. The van der Waals surface area contributed by atoms with Crippen LogP contribution in [0.4, 0.5) is 0 Å². The van der Waals surface area contributed by atoms with Crippen LogP contribution < -0.4 is 4.74 Å². The number of carbonyl (C=O) groups is 1. The number of hydrogen-bond donors (Lipinski definition) is 2. The van der Waals surface area contributed by atoms with Crippen LogP contribution in [0.15, 0.2) is 24.3 Å². The summed E-state index contributed by atoms with van der Waals surface area (Å²) in [5.41, 5.74) is 0.513. The molecule has 0 aliphatic heterocycles. The molecule has 16 heavy (non-hydrogen) atoms. The zero-order valence-corrected chi connectivity index (χ0v) is 9.38. The zero-order valence-electron chi connectivity index (χ0n) is 9.38. The van der Waals surface area contributed by atoms with Gasteiger partial charge in [0.15, 0.2) is 0 Å². The first kappa shape index (κ1) is 12.5.